The minimum atomic E-state index is -0.244. The highest BCUT2D eigenvalue weighted by Gasteiger charge is 2.32. The second kappa shape index (κ2) is 6.14. The van der Waals surface area contributed by atoms with Gasteiger partial charge < -0.3 is 20.3 Å². The number of aromatic nitrogens is 2. The first-order valence-electron chi connectivity index (χ1n) is 8.21. The molecule has 2 heterocycles. The molecule has 0 fully saturated rings. The summed E-state index contributed by atoms with van der Waals surface area (Å²) in [5.41, 5.74) is 10.8. The second-order valence-corrected chi connectivity index (χ2v) is 6.18. The Balaban J connectivity index is 1.74. The van der Waals surface area contributed by atoms with Crippen molar-refractivity contribution in [3.8, 4) is 5.75 Å². The number of ether oxygens (including phenoxy) is 1. The van der Waals surface area contributed by atoms with Gasteiger partial charge in [-0.25, -0.2) is 0 Å². The van der Waals surface area contributed by atoms with E-state index in [4.69, 9.17) is 10.5 Å². The van der Waals surface area contributed by atoms with E-state index in [-0.39, 0.29) is 6.17 Å². The summed E-state index contributed by atoms with van der Waals surface area (Å²) >= 11 is 0. The van der Waals surface area contributed by atoms with Crippen LogP contribution in [0.2, 0.25) is 0 Å². The molecule has 3 aromatic rings. The molecule has 1 aliphatic heterocycles. The van der Waals surface area contributed by atoms with Crippen LogP contribution in [-0.2, 0) is 0 Å². The average molecular weight is 335 g/mol. The van der Waals surface area contributed by atoms with Gasteiger partial charge in [-0.3, -0.25) is 5.10 Å². The largest absolute Gasteiger partial charge is 0.497 e. The second-order valence-electron chi connectivity index (χ2n) is 6.18. The molecule has 2 aromatic carbocycles. The maximum atomic E-state index is 6.51. The number of H-pyrrole nitrogens is 1. The molecule has 1 unspecified atom stereocenters. The van der Waals surface area contributed by atoms with Crippen LogP contribution in [0, 0.1) is 6.92 Å². The lowest BCUT2D eigenvalue weighted by Crippen LogP contribution is -2.46. The lowest BCUT2D eigenvalue weighted by Gasteiger charge is -2.41. The van der Waals surface area contributed by atoms with Crippen LogP contribution in [0.25, 0.3) is 0 Å². The molecule has 0 aliphatic carbocycles. The normalized spacial score (nSPS) is 16.7. The third kappa shape index (κ3) is 2.70. The number of nitrogens with one attached hydrogen (secondary N) is 1. The van der Waals surface area contributed by atoms with E-state index in [0.29, 0.717) is 6.67 Å². The standard InChI is InChI=1S/C19H21N5O/c1-13-3-5-14(6-4-13)23-12-24(15-7-9-16(25-2)10-8-15)19-17(18(23)20)11-21-22-19/h3-11,18H,12,20H2,1-2H3,(H,21,22). The fraction of sp³-hybridized carbons (Fsp3) is 0.211. The number of fused-ring (bicyclic) bond motifs is 1. The molecule has 128 valence electrons. The maximum absolute atomic E-state index is 6.51. The van der Waals surface area contributed by atoms with Crippen molar-refractivity contribution in [1.29, 1.82) is 0 Å². The van der Waals surface area contributed by atoms with Crippen molar-refractivity contribution < 1.29 is 4.74 Å². The van der Waals surface area contributed by atoms with E-state index in [1.54, 1.807) is 7.11 Å². The molecular weight excluding hydrogens is 314 g/mol. The van der Waals surface area contributed by atoms with Crippen molar-refractivity contribution in [3.63, 3.8) is 0 Å². The first-order valence-corrected chi connectivity index (χ1v) is 8.21. The minimum absolute atomic E-state index is 0.244. The van der Waals surface area contributed by atoms with E-state index in [1.165, 1.54) is 5.56 Å². The molecular formula is C19H21N5O. The van der Waals surface area contributed by atoms with E-state index in [2.05, 4.69) is 51.2 Å². The maximum Gasteiger partial charge on any atom is 0.162 e. The highest BCUT2D eigenvalue weighted by molar-refractivity contribution is 5.69. The Bertz CT molecular complexity index is 856. The van der Waals surface area contributed by atoms with Gasteiger partial charge in [0.05, 0.1) is 19.3 Å². The molecule has 0 bridgehead atoms. The number of nitrogens with two attached hydrogens (primary N) is 1. The fourth-order valence-electron chi connectivity index (χ4n) is 3.15. The molecule has 25 heavy (non-hydrogen) atoms. The number of anilines is 3. The van der Waals surface area contributed by atoms with E-state index in [9.17, 15) is 0 Å². The summed E-state index contributed by atoms with van der Waals surface area (Å²) in [4.78, 5) is 4.32. The predicted molar refractivity (Wildman–Crippen MR) is 99.2 cm³/mol. The number of hydrogen-bond donors (Lipinski definition) is 2. The smallest absolute Gasteiger partial charge is 0.162 e. The Morgan fingerprint density at radius 3 is 2.44 bits per heavy atom. The molecule has 1 aliphatic rings. The van der Waals surface area contributed by atoms with E-state index in [1.807, 2.05) is 30.5 Å². The Labute approximate surface area is 146 Å². The summed E-state index contributed by atoms with van der Waals surface area (Å²) in [5, 5.41) is 7.36. The minimum Gasteiger partial charge on any atom is -0.497 e. The van der Waals surface area contributed by atoms with Crippen molar-refractivity contribution in [3.05, 3.63) is 65.9 Å². The Morgan fingerprint density at radius 1 is 1.08 bits per heavy atom. The lowest BCUT2D eigenvalue weighted by atomic mass is 10.1. The molecule has 1 aromatic heterocycles. The quantitative estimate of drug-likeness (QED) is 0.768. The number of rotatable bonds is 3. The van der Waals surface area contributed by atoms with Crippen LogP contribution in [0.3, 0.4) is 0 Å². The molecule has 0 radical (unpaired) electrons. The molecule has 0 amide bonds. The Hall–Kier alpha value is -2.99. The number of aryl methyl sites for hydroxylation is 1. The molecule has 6 nitrogen and oxygen atoms in total. The summed E-state index contributed by atoms with van der Waals surface area (Å²) in [6, 6.07) is 16.4. The molecule has 6 heteroatoms. The Morgan fingerprint density at radius 2 is 1.76 bits per heavy atom. The van der Waals surface area contributed by atoms with Gasteiger partial charge in [-0.05, 0) is 43.3 Å². The number of benzene rings is 2. The highest BCUT2D eigenvalue weighted by Crippen LogP contribution is 2.38. The molecule has 0 saturated carbocycles. The van der Waals surface area contributed by atoms with Gasteiger partial charge in [0.25, 0.3) is 0 Å². The first kappa shape index (κ1) is 15.5. The van der Waals surface area contributed by atoms with Crippen LogP contribution < -0.4 is 20.3 Å². The monoisotopic (exact) mass is 335 g/mol. The zero-order chi connectivity index (χ0) is 17.4. The van der Waals surface area contributed by atoms with Crippen LogP contribution in [0.4, 0.5) is 17.2 Å². The van der Waals surface area contributed by atoms with Crippen molar-refractivity contribution in [2.75, 3.05) is 23.6 Å². The van der Waals surface area contributed by atoms with Crippen molar-refractivity contribution in [2.24, 2.45) is 5.73 Å². The molecule has 1 atom stereocenters. The summed E-state index contributed by atoms with van der Waals surface area (Å²) in [7, 11) is 1.67. The van der Waals surface area contributed by atoms with Crippen LogP contribution in [-0.4, -0.2) is 24.0 Å². The van der Waals surface area contributed by atoms with E-state index in [0.717, 1.165) is 28.5 Å². The highest BCUT2D eigenvalue weighted by atomic mass is 16.5. The number of methoxy groups -OCH3 is 1. The zero-order valence-corrected chi connectivity index (χ0v) is 14.3. The molecule has 0 saturated heterocycles. The summed E-state index contributed by atoms with van der Waals surface area (Å²) < 4.78 is 5.26. The van der Waals surface area contributed by atoms with Crippen LogP contribution in [0.15, 0.2) is 54.7 Å². The van der Waals surface area contributed by atoms with E-state index < -0.39 is 0 Å². The van der Waals surface area contributed by atoms with Gasteiger partial charge >= 0.3 is 0 Å². The fourth-order valence-corrected chi connectivity index (χ4v) is 3.15. The summed E-state index contributed by atoms with van der Waals surface area (Å²) in [5.74, 6) is 1.69. The van der Waals surface area contributed by atoms with Gasteiger partial charge in [0.15, 0.2) is 5.82 Å². The first-order chi connectivity index (χ1) is 12.2. The van der Waals surface area contributed by atoms with Gasteiger partial charge in [0.2, 0.25) is 0 Å². The van der Waals surface area contributed by atoms with Crippen LogP contribution >= 0.6 is 0 Å². The van der Waals surface area contributed by atoms with Gasteiger partial charge in [-0.1, -0.05) is 17.7 Å². The lowest BCUT2D eigenvalue weighted by molar-refractivity contribution is 0.415. The summed E-state index contributed by atoms with van der Waals surface area (Å²) in [6.07, 6.45) is 1.63. The average Bonchev–Trinajstić information content (AvgIpc) is 3.14. The predicted octanol–water partition coefficient (Wildman–Crippen LogP) is 3.30. The van der Waals surface area contributed by atoms with Crippen LogP contribution in [0.5, 0.6) is 5.75 Å². The zero-order valence-electron chi connectivity index (χ0n) is 14.3. The Kier molecular flexibility index (Phi) is 3.82. The van der Waals surface area contributed by atoms with Crippen molar-refractivity contribution in [2.45, 2.75) is 13.1 Å². The van der Waals surface area contributed by atoms with Gasteiger partial charge in [-0.15, -0.1) is 0 Å². The van der Waals surface area contributed by atoms with Gasteiger partial charge in [-0.2, -0.15) is 5.10 Å². The SMILES string of the molecule is COc1ccc(N2CN(c3ccc(C)cc3)C(N)c3c[nH]nc32)cc1. The number of hydrogen-bond acceptors (Lipinski definition) is 5. The van der Waals surface area contributed by atoms with Crippen LogP contribution in [0.1, 0.15) is 17.3 Å². The van der Waals surface area contributed by atoms with Crippen molar-refractivity contribution >= 4 is 17.2 Å². The van der Waals surface area contributed by atoms with Crippen molar-refractivity contribution in [1.82, 2.24) is 10.2 Å². The third-order valence-electron chi connectivity index (χ3n) is 4.60. The van der Waals surface area contributed by atoms with E-state index >= 15 is 0 Å². The molecule has 3 N–H and O–H groups in total. The van der Waals surface area contributed by atoms with Gasteiger partial charge in [0.1, 0.15) is 11.9 Å². The summed E-state index contributed by atoms with van der Waals surface area (Å²) in [6.45, 7) is 2.70. The number of nitrogens with zero attached hydrogens (tertiary/aromatic N) is 3. The number of aromatic amines is 1. The molecule has 0 spiro atoms. The van der Waals surface area contributed by atoms with Gasteiger partial charge in [0, 0.05) is 17.6 Å². The topological polar surface area (TPSA) is 70.4 Å². The third-order valence-corrected chi connectivity index (χ3v) is 4.60. The molecule has 4 rings (SSSR count).